The molecule has 22 nitrogen and oxygen atoms in total. The number of amidine groups is 3. The largest absolute Gasteiger partial charge is 0.384 e. The number of anilines is 6. The summed E-state index contributed by atoms with van der Waals surface area (Å²) in [4.78, 5) is 96.2. The molecule has 0 atom stereocenters. The van der Waals surface area contributed by atoms with Crippen molar-refractivity contribution in [2.24, 2.45) is 10.7 Å². The fourth-order valence-electron chi connectivity index (χ4n) is 9.79. The van der Waals surface area contributed by atoms with Crippen molar-refractivity contribution in [3.05, 3.63) is 263 Å². The third-order valence-corrected chi connectivity index (χ3v) is 16.3. The van der Waals surface area contributed by atoms with Gasteiger partial charge in [-0.2, -0.15) is 0 Å². The molecule has 0 radical (unpaired) electrons. The van der Waals surface area contributed by atoms with Crippen molar-refractivity contribution in [3.63, 3.8) is 0 Å². The van der Waals surface area contributed by atoms with Crippen LogP contribution in [0.1, 0.15) is 98.1 Å². The lowest BCUT2D eigenvalue weighted by atomic mass is 10.1. The number of rotatable bonds is 15. The van der Waals surface area contributed by atoms with Crippen LogP contribution in [-0.4, -0.2) is 124 Å². The Morgan fingerprint density at radius 1 is 0.429 bits per heavy atom. The lowest BCUT2D eigenvalue weighted by Gasteiger charge is -2.29. The zero-order valence-corrected chi connectivity index (χ0v) is 56.8. The number of nitrogens with one attached hydrogen (secondary N) is 8. The van der Waals surface area contributed by atoms with E-state index in [1.807, 2.05) is 4.90 Å². The molecule has 0 spiro atoms. The molecule has 10 N–H and O–H groups in total. The molecular formula is C70H61Br3F3N15O7. The fourth-order valence-corrected chi connectivity index (χ4v) is 10.5. The average Bonchev–Trinajstić information content (AvgIpc) is 0.838. The topological polar surface area (TPSA) is 315 Å². The van der Waals surface area contributed by atoms with Crippen LogP contribution < -0.4 is 37.6 Å². The van der Waals surface area contributed by atoms with E-state index in [0.29, 0.717) is 60.4 Å². The summed E-state index contributed by atoms with van der Waals surface area (Å²) < 4.78 is 51.7. The van der Waals surface area contributed by atoms with Crippen molar-refractivity contribution >= 4 is 135 Å². The number of aliphatic imine (C=N–C) groups is 1. The van der Waals surface area contributed by atoms with Crippen molar-refractivity contribution in [1.29, 1.82) is 10.8 Å². The Morgan fingerprint density at radius 3 is 1.07 bits per heavy atom. The van der Waals surface area contributed by atoms with E-state index in [1.54, 1.807) is 139 Å². The van der Waals surface area contributed by atoms with Crippen molar-refractivity contribution < 1.29 is 46.7 Å². The summed E-state index contributed by atoms with van der Waals surface area (Å²) in [7, 11) is 1.49. The number of hydrogen-bond acceptors (Lipinski definition) is 13. The predicted molar refractivity (Wildman–Crippen MR) is 380 cm³/mol. The number of nitrogens with two attached hydrogens (primary N) is 1. The lowest BCUT2D eigenvalue weighted by molar-refractivity contribution is 0.0679. The van der Waals surface area contributed by atoms with Gasteiger partial charge in [0.15, 0.2) is 0 Å². The first kappa shape index (κ1) is 71.5. The van der Waals surface area contributed by atoms with E-state index in [4.69, 9.17) is 21.3 Å². The molecule has 2 aliphatic rings. The second kappa shape index (κ2) is 34.2. The normalized spacial score (nSPS) is 12.6. The first-order valence-corrected chi connectivity index (χ1v) is 32.5. The Labute approximate surface area is 585 Å². The number of carbonyl (C=O) groups is 6. The minimum Gasteiger partial charge on any atom is -0.384 e. The predicted octanol–water partition coefficient (Wildman–Crippen LogP) is 13.3. The monoisotopic (exact) mass is 1520 g/mol. The number of amides is 6. The van der Waals surface area contributed by atoms with Crippen molar-refractivity contribution in [3.8, 4) is 0 Å². The number of para-hydroxylation sites is 3. The molecule has 2 aliphatic heterocycles. The van der Waals surface area contributed by atoms with Crippen LogP contribution in [0.2, 0.25) is 0 Å². The minimum atomic E-state index is -0.756. The number of piperidine rings is 1. The summed E-state index contributed by atoms with van der Waals surface area (Å²) in [5.41, 5.74) is 7.61. The van der Waals surface area contributed by atoms with E-state index in [0.717, 1.165) is 51.8 Å². The molecule has 11 rings (SSSR count). The van der Waals surface area contributed by atoms with Gasteiger partial charge in [-0.25, -0.2) is 28.1 Å². The molecule has 500 valence electrons. The number of likely N-dealkylation sites (tertiary alicyclic amines) is 1. The Hall–Kier alpha value is -10.8. The number of aromatic nitrogens is 3. The van der Waals surface area contributed by atoms with E-state index in [-0.39, 0.29) is 67.9 Å². The van der Waals surface area contributed by atoms with Gasteiger partial charge in [-0.1, -0.05) is 54.6 Å². The molecular weight excluding hydrogens is 1460 g/mol. The first-order valence-electron chi connectivity index (χ1n) is 30.1. The smallest absolute Gasteiger partial charge is 0.258 e. The highest BCUT2D eigenvalue weighted by Gasteiger charge is 2.24. The second-order valence-electron chi connectivity index (χ2n) is 21.5. The fraction of sp³-hybridized carbons (Fsp3) is 0.143. The highest BCUT2D eigenvalue weighted by molar-refractivity contribution is 9.11. The number of ether oxygens (including phenoxy) is 1. The molecule has 0 bridgehead atoms. The Balaban J connectivity index is 0.000000172. The summed E-state index contributed by atoms with van der Waals surface area (Å²) in [6.45, 7) is 3.68. The summed E-state index contributed by atoms with van der Waals surface area (Å²) in [5.74, 6) is -4.08. The number of hydrogen-bond donors (Lipinski definition) is 9. The molecule has 0 unspecified atom stereocenters. The maximum atomic E-state index is 14.8. The van der Waals surface area contributed by atoms with Gasteiger partial charge in [0.1, 0.15) is 52.4 Å². The average molecular weight is 1520 g/mol. The van der Waals surface area contributed by atoms with Gasteiger partial charge in [-0.05, 0) is 176 Å². The van der Waals surface area contributed by atoms with Crippen molar-refractivity contribution in [2.45, 2.75) is 19.3 Å². The van der Waals surface area contributed by atoms with Gasteiger partial charge in [-0.3, -0.25) is 44.6 Å². The van der Waals surface area contributed by atoms with E-state index in [2.05, 4.69) is 99.6 Å². The van der Waals surface area contributed by atoms with Crippen LogP contribution in [0, 0.1) is 28.3 Å². The number of halogens is 6. The number of morpholine rings is 1. The highest BCUT2D eigenvalue weighted by Crippen LogP contribution is 2.26. The number of pyridine rings is 3. The Morgan fingerprint density at radius 2 is 0.745 bits per heavy atom. The van der Waals surface area contributed by atoms with Crippen LogP contribution in [0.25, 0.3) is 0 Å². The van der Waals surface area contributed by atoms with Crippen LogP contribution in [0.3, 0.4) is 0 Å². The van der Waals surface area contributed by atoms with Gasteiger partial charge >= 0.3 is 0 Å². The standard InChI is InChI=1S/C25H23BrFN5O2.C24H21BrFN5O3.C21H17BrFN5O2/c26-17-9-11-22(29-15-17)31-25(34)19-6-2-3-7-21(19)30-24(33)18-10-8-16(14-20(18)27)23(28)32-12-4-1-5-13-32;25-16-6-8-21(28-14-16)30-24(33)18-3-1-2-4-20(18)29-23(32)17-7-5-15(13-19(17)26)22(27)31-9-11-34-12-10-31;1-25-19(24)12-6-8-14(16(23)10-12)20(29)27-17-5-3-2-4-15(17)21(30)28-18-9-7-13(22)11-26-18/h2-3,6-11,14-15,28H,1,4-5,12-13H2,(H,30,33)(H,29,31,34);1-8,13-14,27H,9-12H2,(H,29,32)(H,28,30,33);2-11H,1H3,(H2,24,25)(H,27,29)(H,26,28,30). The summed E-state index contributed by atoms with van der Waals surface area (Å²) >= 11 is 9.84. The molecule has 3 aromatic heterocycles. The van der Waals surface area contributed by atoms with Gasteiger partial charge in [0.25, 0.3) is 35.4 Å². The van der Waals surface area contributed by atoms with E-state index in [1.165, 1.54) is 49.5 Å². The van der Waals surface area contributed by atoms with Crippen LogP contribution >= 0.6 is 47.8 Å². The van der Waals surface area contributed by atoms with Crippen molar-refractivity contribution in [1.82, 2.24) is 24.8 Å². The van der Waals surface area contributed by atoms with E-state index < -0.39 is 52.9 Å². The van der Waals surface area contributed by atoms with E-state index >= 15 is 0 Å². The molecule has 0 saturated carbocycles. The second-order valence-corrected chi connectivity index (χ2v) is 24.2. The zero-order chi connectivity index (χ0) is 69.8. The first-order chi connectivity index (χ1) is 47.2. The summed E-state index contributed by atoms with van der Waals surface area (Å²) in [6.07, 6.45) is 7.81. The molecule has 2 saturated heterocycles. The number of nitrogens with zero attached hydrogens (tertiary/aromatic N) is 6. The SMILES string of the molecule is CN=C(N)c1ccc(C(=O)Nc2ccccc2C(=O)Nc2ccc(Br)cn2)c(F)c1.N=C(c1ccc(C(=O)Nc2ccccc2C(=O)Nc2ccc(Br)cn2)c(F)c1)N1CCCCC1.N=C(c1ccc(C(=O)Nc2ccccc2C(=O)Nc2ccc(Br)cn2)c(F)c1)N1CCOCC1. The molecule has 9 aromatic rings. The van der Waals surface area contributed by atoms with E-state index in [9.17, 15) is 41.9 Å². The van der Waals surface area contributed by atoms with Gasteiger partial charge < -0.3 is 52.2 Å². The van der Waals surface area contributed by atoms with Gasteiger partial charge in [0.2, 0.25) is 0 Å². The number of benzene rings is 6. The molecule has 0 aliphatic carbocycles. The minimum absolute atomic E-state index is 0.157. The van der Waals surface area contributed by atoms with Crippen LogP contribution in [-0.2, 0) is 4.74 Å². The van der Waals surface area contributed by atoms with Crippen LogP contribution in [0.15, 0.2) is 201 Å². The molecule has 98 heavy (non-hydrogen) atoms. The summed E-state index contributed by atoms with van der Waals surface area (Å²) in [6, 6.07) is 41.6. The third-order valence-electron chi connectivity index (χ3n) is 14.9. The van der Waals surface area contributed by atoms with Gasteiger partial charge in [-0.15, -0.1) is 0 Å². The van der Waals surface area contributed by atoms with Crippen LogP contribution in [0.4, 0.5) is 47.7 Å². The Kier molecular flexibility index (Phi) is 25.0. The Bertz CT molecular complexity index is 4290. The summed E-state index contributed by atoms with van der Waals surface area (Å²) in [5, 5.41) is 32.5. The molecule has 2 fully saturated rings. The van der Waals surface area contributed by atoms with Crippen molar-refractivity contribution in [2.75, 3.05) is 78.3 Å². The zero-order valence-electron chi connectivity index (χ0n) is 52.1. The molecule has 5 heterocycles. The highest BCUT2D eigenvalue weighted by atomic mass is 79.9. The third kappa shape index (κ3) is 19.2. The quantitative estimate of drug-likeness (QED) is 0.0341. The lowest BCUT2D eigenvalue weighted by Crippen LogP contribution is -2.40. The van der Waals surface area contributed by atoms with Gasteiger partial charge in [0.05, 0.1) is 63.7 Å². The molecule has 28 heteroatoms. The molecule has 6 amide bonds. The van der Waals surface area contributed by atoms with Crippen LogP contribution in [0.5, 0.6) is 0 Å². The van der Waals surface area contributed by atoms with Gasteiger partial charge in [0, 0.05) is 81.9 Å². The maximum Gasteiger partial charge on any atom is 0.258 e. The maximum absolute atomic E-state index is 14.8. The number of carbonyl (C=O) groups excluding carboxylic acids is 6. The molecule has 6 aromatic carbocycles.